The molecule has 1 aromatic carbocycles. The molecule has 5 nitrogen and oxygen atoms in total. The van der Waals surface area contributed by atoms with Gasteiger partial charge in [-0.15, -0.1) is 0 Å². The smallest absolute Gasteiger partial charge is 0.415 e. The van der Waals surface area contributed by atoms with Gasteiger partial charge in [0.05, 0.1) is 6.54 Å². The molecule has 1 N–H and O–H groups in total. The van der Waals surface area contributed by atoms with E-state index in [1.54, 1.807) is 24.3 Å². The van der Waals surface area contributed by atoms with Crippen LogP contribution >= 0.6 is 0 Å². The van der Waals surface area contributed by atoms with E-state index in [0.717, 1.165) is 5.56 Å². The van der Waals surface area contributed by atoms with Crippen molar-refractivity contribution in [3.05, 3.63) is 60.2 Å². The van der Waals surface area contributed by atoms with E-state index in [1.807, 2.05) is 13.8 Å². The largest absolute Gasteiger partial charge is 0.447 e. The Hall–Kier alpha value is -2.63. The van der Waals surface area contributed by atoms with Gasteiger partial charge in [-0.05, 0) is 37.6 Å². The second kappa shape index (κ2) is 7.58. The van der Waals surface area contributed by atoms with Crippen molar-refractivity contribution in [2.45, 2.75) is 19.9 Å². The summed E-state index contributed by atoms with van der Waals surface area (Å²) in [7, 11) is 0. The van der Waals surface area contributed by atoms with Crippen molar-refractivity contribution in [1.82, 2.24) is 10.2 Å². The fourth-order valence-electron chi connectivity index (χ4n) is 2.19. The monoisotopic (exact) mass is 317 g/mol. The number of nitrogens with one attached hydrogen (secondary N) is 1. The molecule has 0 spiro atoms. The Morgan fingerprint density at radius 2 is 2.17 bits per heavy atom. The Bertz CT molecular complexity index is 638. The van der Waals surface area contributed by atoms with Crippen LogP contribution in [-0.4, -0.2) is 30.0 Å². The number of nitrogens with zero attached hydrogens (tertiary/aromatic N) is 2. The van der Waals surface area contributed by atoms with E-state index in [9.17, 15) is 9.18 Å². The average Bonchev–Trinajstić information content (AvgIpc) is 2.93. The molecule has 1 aromatic rings. The van der Waals surface area contributed by atoms with Crippen LogP contribution in [0, 0.1) is 5.82 Å². The van der Waals surface area contributed by atoms with Crippen molar-refractivity contribution in [1.29, 1.82) is 0 Å². The molecule has 1 heterocycles. The Morgan fingerprint density at radius 1 is 1.48 bits per heavy atom. The fourth-order valence-corrected chi connectivity index (χ4v) is 2.19. The number of carbonyl (C=O) groups is 1. The third kappa shape index (κ3) is 4.42. The summed E-state index contributed by atoms with van der Waals surface area (Å²) < 4.78 is 17.9. The van der Waals surface area contributed by atoms with Crippen molar-refractivity contribution in [2.24, 2.45) is 4.99 Å². The van der Waals surface area contributed by atoms with Gasteiger partial charge in [-0.3, -0.25) is 4.90 Å². The summed E-state index contributed by atoms with van der Waals surface area (Å²) in [6, 6.07) is 6.13. The first-order chi connectivity index (χ1) is 11.0. The zero-order valence-electron chi connectivity index (χ0n) is 13.3. The van der Waals surface area contributed by atoms with Crippen LogP contribution in [0.25, 0.3) is 0 Å². The molecule has 0 unspecified atom stereocenters. The summed E-state index contributed by atoms with van der Waals surface area (Å²) in [5, 5.41) is 3.13. The van der Waals surface area contributed by atoms with Crippen LogP contribution in [0.4, 0.5) is 9.18 Å². The number of benzene rings is 1. The topological polar surface area (TPSA) is 53.9 Å². The molecule has 122 valence electrons. The zero-order chi connectivity index (χ0) is 16.8. The Labute approximate surface area is 135 Å². The van der Waals surface area contributed by atoms with Gasteiger partial charge in [0, 0.05) is 6.04 Å². The molecule has 0 radical (unpaired) electrons. The maximum atomic E-state index is 13.0. The number of rotatable bonds is 5. The highest BCUT2D eigenvalue weighted by molar-refractivity contribution is 6.03. The van der Waals surface area contributed by atoms with Gasteiger partial charge >= 0.3 is 6.09 Å². The lowest BCUT2D eigenvalue weighted by atomic mass is 10.1. The van der Waals surface area contributed by atoms with Crippen molar-refractivity contribution in [3.63, 3.8) is 0 Å². The quantitative estimate of drug-likeness (QED) is 0.669. The Kier molecular flexibility index (Phi) is 5.51. The van der Waals surface area contributed by atoms with E-state index < -0.39 is 6.09 Å². The summed E-state index contributed by atoms with van der Waals surface area (Å²) in [5.41, 5.74) is 0.913. The number of halogens is 1. The number of carbonyl (C=O) groups excluding carboxylic acids is 1. The Balaban J connectivity index is 2.08. The molecular weight excluding hydrogens is 297 g/mol. The van der Waals surface area contributed by atoms with Gasteiger partial charge in [-0.25, -0.2) is 14.2 Å². The number of amidine groups is 1. The molecule has 2 rings (SSSR count). The van der Waals surface area contributed by atoms with Crippen molar-refractivity contribution < 1.29 is 13.9 Å². The van der Waals surface area contributed by atoms with E-state index in [1.165, 1.54) is 17.0 Å². The first-order valence-corrected chi connectivity index (χ1v) is 7.38. The van der Waals surface area contributed by atoms with Crippen LogP contribution in [0.15, 0.2) is 53.8 Å². The average molecular weight is 317 g/mol. The summed E-state index contributed by atoms with van der Waals surface area (Å²) in [5.74, 6) is 0.606. The van der Waals surface area contributed by atoms with E-state index in [4.69, 9.17) is 4.74 Å². The number of allylic oxidation sites excluding steroid dienone is 1. The van der Waals surface area contributed by atoms with Crippen LogP contribution in [0.1, 0.15) is 25.5 Å². The van der Waals surface area contributed by atoms with Gasteiger partial charge in [0.2, 0.25) is 0 Å². The third-order valence-electron chi connectivity index (χ3n) is 3.36. The molecule has 6 heteroatoms. The molecule has 1 aliphatic rings. The fraction of sp³-hybridized carbons (Fsp3) is 0.294. The maximum Gasteiger partial charge on any atom is 0.415 e. The second-order valence-electron chi connectivity index (χ2n) is 5.10. The molecule has 0 aromatic heterocycles. The standard InChI is InChI=1S/C17H20FN3O2/c1-4-5-16(21-10-11-23-17(21)22)20-13(3)19-12(2)14-6-8-15(18)9-7-14/h4-9,12,19H,3,10-11H2,1-2H3/b5-4-,20-16+/t12-/m1/s1. The van der Waals surface area contributed by atoms with Crippen molar-refractivity contribution in [3.8, 4) is 0 Å². The highest BCUT2D eigenvalue weighted by atomic mass is 19.1. The molecule has 1 amide bonds. The summed E-state index contributed by atoms with van der Waals surface area (Å²) >= 11 is 0. The second-order valence-corrected chi connectivity index (χ2v) is 5.10. The van der Waals surface area contributed by atoms with E-state index in [0.29, 0.717) is 24.8 Å². The highest BCUT2D eigenvalue weighted by Gasteiger charge is 2.25. The predicted molar refractivity (Wildman–Crippen MR) is 87.4 cm³/mol. The predicted octanol–water partition coefficient (Wildman–Crippen LogP) is 3.37. The van der Waals surface area contributed by atoms with Crippen LogP contribution in [0.5, 0.6) is 0 Å². The Morgan fingerprint density at radius 3 is 2.74 bits per heavy atom. The van der Waals surface area contributed by atoms with E-state index in [2.05, 4.69) is 16.9 Å². The molecule has 1 aliphatic heterocycles. The molecular formula is C17H20FN3O2. The van der Waals surface area contributed by atoms with Gasteiger partial charge in [-0.1, -0.05) is 24.8 Å². The molecule has 0 saturated carbocycles. The van der Waals surface area contributed by atoms with Gasteiger partial charge in [0.15, 0.2) is 0 Å². The molecule has 23 heavy (non-hydrogen) atoms. The number of aliphatic imine (C=N–C) groups is 1. The summed E-state index contributed by atoms with van der Waals surface area (Å²) in [6.07, 6.45) is 3.10. The van der Waals surface area contributed by atoms with Gasteiger partial charge in [-0.2, -0.15) is 0 Å². The molecule has 0 aliphatic carbocycles. The first kappa shape index (κ1) is 16.7. The minimum atomic E-state index is -0.416. The highest BCUT2D eigenvalue weighted by Crippen LogP contribution is 2.15. The SMILES string of the molecule is C=C(/N=C(\C=C/C)N1CCOC1=O)N[C@H](C)c1ccc(F)cc1. The third-order valence-corrected chi connectivity index (χ3v) is 3.36. The number of amides is 1. The minimum absolute atomic E-state index is 0.0933. The van der Waals surface area contributed by atoms with E-state index >= 15 is 0 Å². The number of hydrogen-bond donors (Lipinski definition) is 1. The van der Waals surface area contributed by atoms with Gasteiger partial charge < -0.3 is 10.1 Å². The lowest BCUT2D eigenvalue weighted by Crippen LogP contribution is -2.31. The van der Waals surface area contributed by atoms with Crippen molar-refractivity contribution >= 4 is 11.9 Å². The first-order valence-electron chi connectivity index (χ1n) is 7.38. The van der Waals surface area contributed by atoms with Crippen molar-refractivity contribution in [2.75, 3.05) is 13.2 Å². The number of ether oxygens (including phenoxy) is 1. The maximum absolute atomic E-state index is 13.0. The molecule has 1 saturated heterocycles. The number of cyclic esters (lactones) is 1. The zero-order valence-corrected chi connectivity index (χ0v) is 13.3. The van der Waals surface area contributed by atoms with E-state index in [-0.39, 0.29) is 11.9 Å². The van der Waals surface area contributed by atoms with Crippen LogP contribution < -0.4 is 5.32 Å². The molecule has 0 bridgehead atoms. The lowest BCUT2D eigenvalue weighted by Gasteiger charge is -2.17. The van der Waals surface area contributed by atoms with Gasteiger partial charge in [0.25, 0.3) is 0 Å². The van der Waals surface area contributed by atoms with Crippen LogP contribution in [0.2, 0.25) is 0 Å². The molecule has 1 atom stereocenters. The molecule has 1 fully saturated rings. The van der Waals surface area contributed by atoms with Crippen LogP contribution in [-0.2, 0) is 4.74 Å². The lowest BCUT2D eigenvalue weighted by molar-refractivity contribution is 0.168. The summed E-state index contributed by atoms with van der Waals surface area (Å²) in [4.78, 5) is 17.5. The van der Waals surface area contributed by atoms with Crippen LogP contribution in [0.3, 0.4) is 0 Å². The number of hydrogen-bond acceptors (Lipinski definition) is 4. The minimum Gasteiger partial charge on any atom is -0.447 e. The van der Waals surface area contributed by atoms with Gasteiger partial charge in [0.1, 0.15) is 24.1 Å². The normalized spacial score (nSPS) is 16.6. The summed E-state index contributed by atoms with van der Waals surface area (Å²) in [6.45, 7) is 8.45.